The summed E-state index contributed by atoms with van der Waals surface area (Å²) in [5.41, 5.74) is 1.01. The first-order valence-corrected chi connectivity index (χ1v) is 8.69. The molecule has 2 aromatic heterocycles. The zero-order valence-electron chi connectivity index (χ0n) is 14.4. The van der Waals surface area contributed by atoms with Crippen molar-refractivity contribution in [1.29, 1.82) is 0 Å². The number of ether oxygens (including phenoxy) is 1. The summed E-state index contributed by atoms with van der Waals surface area (Å²) in [5.74, 6) is 0.358. The molecule has 24 heavy (non-hydrogen) atoms. The van der Waals surface area contributed by atoms with E-state index < -0.39 is 0 Å². The van der Waals surface area contributed by atoms with Crippen molar-refractivity contribution in [3.63, 3.8) is 0 Å². The van der Waals surface area contributed by atoms with Gasteiger partial charge in [-0.1, -0.05) is 6.42 Å². The number of nitrogens with zero attached hydrogens (tertiary/aromatic N) is 4. The van der Waals surface area contributed by atoms with Crippen LogP contribution in [-0.4, -0.2) is 57.7 Å². The summed E-state index contributed by atoms with van der Waals surface area (Å²) in [5, 5.41) is 7.23. The van der Waals surface area contributed by atoms with Crippen molar-refractivity contribution in [2.24, 2.45) is 0 Å². The van der Waals surface area contributed by atoms with E-state index in [1.165, 1.54) is 19.3 Å². The van der Waals surface area contributed by atoms with Crippen molar-refractivity contribution in [2.45, 2.75) is 39.2 Å². The quantitative estimate of drug-likeness (QED) is 0.873. The smallest absolute Gasteiger partial charge is 0.271 e. The van der Waals surface area contributed by atoms with Crippen LogP contribution in [0, 0.1) is 0 Å². The lowest BCUT2D eigenvalue weighted by atomic mass is 10.0. The molecular formula is C17H25N5O2. The lowest BCUT2D eigenvalue weighted by Crippen LogP contribution is -2.42. The van der Waals surface area contributed by atoms with Gasteiger partial charge in [0.25, 0.3) is 5.91 Å². The number of carbonyl (C=O) groups excluding carboxylic acids is 1. The molecule has 130 valence electrons. The number of likely N-dealkylation sites (tertiary alicyclic amines) is 1. The van der Waals surface area contributed by atoms with Crippen LogP contribution >= 0.6 is 0 Å². The molecule has 1 amide bonds. The van der Waals surface area contributed by atoms with E-state index in [9.17, 15) is 4.79 Å². The molecule has 1 aliphatic heterocycles. The predicted molar refractivity (Wildman–Crippen MR) is 91.4 cm³/mol. The maximum atomic E-state index is 12.3. The highest BCUT2D eigenvalue weighted by Gasteiger charge is 2.18. The fourth-order valence-electron chi connectivity index (χ4n) is 3.09. The van der Waals surface area contributed by atoms with E-state index in [4.69, 9.17) is 4.74 Å². The molecule has 1 fully saturated rings. The average molecular weight is 331 g/mol. The minimum Gasteiger partial charge on any atom is -0.477 e. The van der Waals surface area contributed by atoms with Gasteiger partial charge in [0.2, 0.25) is 5.88 Å². The second-order valence-corrected chi connectivity index (χ2v) is 6.17. The SMILES string of the molecule is CCOc1ccc2nc(C(=O)NCCN3CCCC[C@@H]3C)cn2n1. The summed E-state index contributed by atoms with van der Waals surface area (Å²) < 4.78 is 6.94. The molecule has 0 aliphatic carbocycles. The zero-order chi connectivity index (χ0) is 16.9. The number of fused-ring (bicyclic) bond motifs is 1. The van der Waals surface area contributed by atoms with Gasteiger partial charge in [0.05, 0.1) is 12.8 Å². The Labute approximate surface area is 142 Å². The molecule has 0 unspecified atom stereocenters. The van der Waals surface area contributed by atoms with Gasteiger partial charge in [0, 0.05) is 25.2 Å². The largest absolute Gasteiger partial charge is 0.477 e. The van der Waals surface area contributed by atoms with Crippen LogP contribution < -0.4 is 10.1 Å². The highest BCUT2D eigenvalue weighted by molar-refractivity contribution is 5.92. The number of carbonyl (C=O) groups is 1. The van der Waals surface area contributed by atoms with Crippen molar-refractivity contribution < 1.29 is 9.53 Å². The molecule has 1 aliphatic rings. The van der Waals surface area contributed by atoms with Crippen molar-refractivity contribution in [2.75, 3.05) is 26.2 Å². The minimum atomic E-state index is -0.164. The molecule has 0 aromatic carbocycles. The molecule has 7 heteroatoms. The van der Waals surface area contributed by atoms with E-state index in [0.717, 1.165) is 13.1 Å². The fraction of sp³-hybridized carbons (Fsp3) is 0.588. The summed E-state index contributed by atoms with van der Waals surface area (Å²) in [7, 11) is 0. The Kier molecular flexibility index (Phi) is 5.30. The third-order valence-electron chi connectivity index (χ3n) is 4.45. The van der Waals surface area contributed by atoms with Crippen LogP contribution in [0.25, 0.3) is 5.65 Å². The number of hydrogen-bond acceptors (Lipinski definition) is 5. The van der Waals surface area contributed by atoms with Crippen LogP contribution in [0.3, 0.4) is 0 Å². The summed E-state index contributed by atoms with van der Waals surface area (Å²) >= 11 is 0. The van der Waals surface area contributed by atoms with Gasteiger partial charge in [0.15, 0.2) is 5.65 Å². The monoisotopic (exact) mass is 331 g/mol. The van der Waals surface area contributed by atoms with Gasteiger partial charge in [-0.2, -0.15) is 0 Å². The average Bonchev–Trinajstić information content (AvgIpc) is 3.00. The summed E-state index contributed by atoms with van der Waals surface area (Å²) in [6, 6.07) is 4.15. The molecule has 2 aromatic rings. The van der Waals surface area contributed by atoms with E-state index in [2.05, 4.69) is 27.2 Å². The molecule has 1 atom stereocenters. The van der Waals surface area contributed by atoms with E-state index in [0.29, 0.717) is 36.4 Å². The second-order valence-electron chi connectivity index (χ2n) is 6.17. The highest BCUT2D eigenvalue weighted by Crippen LogP contribution is 2.15. The number of aromatic nitrogens is 3. The zero-order valence-corrected chi connectivity index (χ0v) is 14.4. The van der Waals surface area contributed by atoms with Crippen LogP contribution in [-0.2, 0) is 0 Å². The number of amides is 1. The van der Waals surface area contributed by atoms with Gasteiger partial charge < -0.3 is 10.1 Å². The summed E-state index contributed by atoms with van der Waals surface area (Å²) in [4.78, 5) is 19.0. The molecule has 1 N–H and O–H groups in total. The van der Waals surface area contributed by atoms with Crippen molar-refractivity contribution in [1.82, 2.24) is 24.8 Å². The summed E-state index contributed by atoms with van der Waals surface area (Å²) in [6.45, 7) is 7.35. The predicted octanol–water partition coefficient (Wildman–Crippen LogP) is 1.73. The number of rotatable bonds is 6. The van der Waals surface area contributed by atoms with E-state index >= 15 is 0 Å². The maximum absolute atomic E-state index is 12.3. The van der Waals surface area contributed by atoms with Crippen molar-refractivity contribution in [3.8, 4) is 5.88 Å². The van der Waals surface area contributed by atoms with E-state index in [1.807, 2.05) is 6.92 Å². The number of piperidine rings is 1. The van der Waals surface area contributed by atoms with E-state index in [1.54, 1.807) is 22.8 Å². The van der Waals surface area contributed by atoms with Gasteiger partial charge in [-0.25, -0.2) is 9.50 Å². The molecule has 3 rings (SSSR count). The van der Waals surface area contributed by atoms with Crippen LogP contribution in [0.5, 0.6) is 5.88 Å². The van der Waals surface area contributed by atoms with Crippen LogP contribution in [0.2, 0.25) is 0 Å². The lowest BCUT2D eigenvalue weighted by Gasteiger charge is -2.33. The van der Waals surface area contributed by atoms with E-state index in [-0.39, 0.29) is 5.91 Å². The standard InChI is InChI=1S/C17H25N5O2/c1-3-24-16-8-7-15-19-14(12-22(15)20-16)17(23)18-9-11-21-10-5-4-6-13(21)2/h7-8,12-13H,3-6,9-11H2,1-2H3,(H,18,23)/t13-/m0/s1. The Morgan fingerprint density at radius 3 is 3.08 bits per heavy atom. The lowest BCUT2D eigenvalue weighted by molar-refractivity contribution is 0.0934. The Morgan fingerprint density at radius 1 is 1.42 bits per heavy atom. The van der Waals surface area contributed by atoms with Gasteiger partial charge >= 0.3 is 0 Å². The first-order valence-electron chi connectivity index (χ1n) is 8.69. The number of imidazole rings is 1. The molecule has 0 spiro atoms. The number of nitrogens with one attached hydrogen (secondary N) is 1. The first-order chi connectivity index (χ1) is 11.7. The van der Waals surface area contributed by atoms with Gasteiger partial charge in [-0.15, -0.1) is 5.10 Å². The van der Waals surface area contributed by atoms with Gasteiger partial charge in [-0.3, -0.25) is 9.69 Å². The van der Waals surface area contributed by atoms with Crippen LogP contribution in [0.4, 0.5) is 0 Å². The first kappa shape index (κ1) is 16.7. The number of hydrogen-bond donors (Lipinski definition) is 1. The van der Waals surface area contributed by atoms with Crippen LogP contribution in [0.15, 0.2) is 18.3 Å². The summed E-state index contributed by atoms with van der Waals surface area (Å²) in [6.07, 6.45) is 5.44. The van der Waals surface area contributed by atoms with Crippen molar-refractivity contribution in [3.05, 3.63) is 24.0 Å². The molecule has 0 saturated carbocycles. The van der Waals surface area contributed by atoms with Crippen molar-refractivity contribution >= 4 is 11.6 Å². The third-order valence-corrected chi connectivity index (χ3v) is 4.45. The highest BCUT2D eigenvalue weighted by atomic mass is 16.5. The van der Waals surface area contributed by atoms with Crippen LogP contribution in [0.1, 0.15) is 43.6 Å². The van der Waals surface area contributed by atoms with Gasteiger partial charge in [0.1, 0.15) is 5.69 Å². The minimum absolute atomic E-state index is 0.164. The molecule has 3 heterocycles. The third kappa shape index (κ3) is 3.84. The Morgan fingerprint density at radius 2 is 2.29 bits per heavy atom. The second kappa shape index (κ2) is 7.61. The molecule has 7 nitrogen and oxygen atoms in total. The molecule has 0 bridgehead atoms. The Balaban J connectivity index is 1.57. The van der Waals surface area contributed by atoms with Gasteiger partial charge in [-0.05, 0) is 39.3 Å². The normalized spacial score (nSPS) is 18.7. The molecule has 1 saturated heterocycles. The Hall–Kier alpha value is -2.15. The fourth-order valence-corrected chi connectivity index (χ4v) is 3.09. The topological polar surface area (TPSA) is 71.8 Å². The molecular weight excluding hydrogens is 306 g/mol. The maximum Gasteiger partial charge on any atom is 0.271 e. The molecule has 0 radical (unpaired) electrons. The Bertz CT molecular complexity index is 699.